The van der Waals surface area contributed by atoms with Gasteiger partial charge in [-0.25, -0.2) is 0 Å². The van der Waals surface area contributed by atoms with Crippen molar-refractivity contribution in [1.82, 2.24) is 9.80 Å². The van der Waals surface area contributed by atoms with Crippen LogP contribution in [0.2, 0.25) is 5.02 Å². The minimum atomic E-state index is -0.377. The van der Waals surface area contributed by atoms with Crippen LogP contribution in [0.15, 0.2) is 36.4 Å². The SMILES string of the molecule is CCOc1ccc(C(=O)N2c3ccc(Cl)cc3C(C(=O)N(C)CCN(CC)CC)CCC2C)c(OC)c1.Cl. The number of ether oxygens (including phenoxy) is 2. The Balaban J connectivity index is 0.00000507. The summed E-state index contributed by atoms with van der Waals surface area (Å²) in [6, 6.07) is 10.6. The highest BCUT2D eigenvalue weighted by molar-refractivity contribution is 6.30. The van der Waals surface area contributed by atoms with E-state index in [9.17, 15) is 9.59 Å². The van der Waals surface area contributed by atoms with E-state index in [-0.39, 0.29) is 36.2 Å². The van der Waals surface area contributed by atoms with Crippen LogP contribution in [0.4, 0.5) is 5.69 Å². The Morgan fingerprint density at radius 3 is 2.39 bits per heavy atom. The summed E-state index contributed by atoms with van der Waals surface area (Å²) in [4.78, 5) is 33.6. The fourth-order valence-electron chi connectivity index (χ4n) is 4.96. The van der Waals surface area contributed by atoms with E-state index >= 15 is 0 Å². The number of anilines is 1. The van der Waals surface area contributed by atoms with Crippen molar-refractivity contribution in [3.8, 4) is 11.5 Å². The molecule has 7 nitrogen and oxygen atoms in total. The number of halogens is 2. The second-order valence-corrected chi connectivity index (χ2v) is 9.88. The van der Waals surface area contributed by atoms with Gasteiger partial charge in [-0.15, -0.1) is 12.4 Å². The average Bonchev–Trinajstić information content (AvgIpc) is 3.04. The van der Waals surface area contributed by atoms with Crippen molar-refractivity contribution in [2.45, 2.75) is 52.5 Å². The molecule has 1 aliphatic heterocycles. The Bertz CT molecular complexity index is 1090. The van der Waals surface area contributed by atoms with E-state index in [0.29, 0.717) is 53.8 Å². The summed E-state index contributed by atoms with van der Waals surface area (Å²) in [6.07, 6.45) is 1.31. The van der Waals surface area contributed by atoms with E-state index in [2.05, 4.69) is 18.7 Å². The topological polar surface area (TPSA) is 62.3 Å². The number of carbonyl (C=O) groups is 2. The maximum atomic E-state index is 14.0. The predicted molar refractivity (Wildman–Crippen MR) is 157 cm³/mol. The van der Waals surface area contributed by atoms with Crippen LogP contribution in [-0.2, 0) is 4.79 Å². The molecule has 2 aromatic rings. The molecule has 0 bridgehead atoms. The second kappa shape index (κ2) is 14.6. The van der Waals surface area contributed by atoms with Crippen LogP contribution in [0.25, 0.3) is 0 Å². The fraction of sp³-hybridized carbons (Fsp3) is 0.517. The molecule has 38 heavy (non-hydrogen) atoms. The van der Waals surface area contributed by atoms with E-state index < -0.39 is 0 Å². The predicted octanol–water partition coefficient (Wildman–Crippen LogP) is 5.88. The second-order valence-electron chi connectivity index (χ2n) is 9.44. The summed E-state index contributed by atoms with van der Waals surface area (Å²) in [5.74, 6) is 0.588. The maximum Gasteiger partial charge on any atom is 0.262 e. The lowest BCUT2D eigenvalue weighted by Crippen LogP contribution is -2.39. The Kier molecular flexibility index (Phi) is 12.2. The molecule has 210 valence electrons. The number of rotatable bonds is 10. The number of amides is 2. The molecule has 1 heterocycles. The molecule has 0 radical (unpaired) electrons. The highest BCUT2D eigenvalue weighted by Crippen LogP contribution is 2.40. The molecule has 9 heteroatoms. The molecule has 2 aromatic carbocycles. The van der Waals surface area contributed by atoms with Gasteiger partial charge in [0.15, 0.2) is 0 Å². The lowest BCUT2D eigenvalue weighted by molar-refractivity contribution is -0.131. The van der Waals surface area contributed by atoms with Gasteiger partial charge in [-0.2, -0.15) is 0 Å². The van der Waals surface area contributed by atoms with Crippen LogP contribution in [-0.4, -0.2) is 74.6 Å². The summed E-state index contributed by atoms with van der Waals surface area (Å²) in [5.41, 5.74) is 1.94. The van der Waals surface area contributed by atoms with Crippen molar-refractivity contribution in [3.63, 3.8) is 0 Å². The third-order valence-corrected chi connectivity index (χ3v) is 7.43. The first kappa shape index (κ1) is 31.7. The first-order valence-corrected chi connectivity index (χ1v) is 13.5. The summed E-state index contributed by atoms with van der Waals surface area (Å²) >= 11 is 6.43. The molecule has 0 N–H and O–H groups in total. The smallest absolute Gasteiger partial charge is 0.262 e. The summed E-state index contributed by atoms with van der Waals surface area (Å²) in [5, 5.41) is 0.544. The van der Waals surface area contributed by atoms with Gasteiger partial charge in [0, 0.05) is 43.0 Å². The molecule has 0 aromatic heterocycles. The van der Waals surface area contributed by atoms with Crippen LogP contribution in [0, 0.1) is 0 Å². The molecular weight excluding hydrogens is 525 g/mol. The van der Waals surface area contributed by atoms with Gasteiger partial charge in [-0.3, -0.25) is 9.59 Å². The maximum absolute atomic E-state index is 14.0. The van der Waals surface area contributed by atoms with Gasteiger partial charge in [-0.05, 0) is 75.7 Å². The van der Waals surface area contributed by atoms with Gasteiger partial charge < -0.3 is 24.2 Å². The standard InChI is InChI=1S/C29H40ClN3O4.ClH/c1-7-32(8-2)17-16-31(5)28(34)23-13-10-20(4)33(26-15-11-21(30)18-25(23)26)29(35)24-14-12-22(37-9-3)19-27(24)36-6;/h11-12,14-15,18-20,23H,7-10,13,16-17H2,1-6H3;1H. The highest BCUT2D eigenvalue weighted by atomic mass is 35.5. The van der Waals surface area contributed by atoms with Crippen molar-refractivity contribution < 1.29 is 19.1 Å². The van der Waals surface area contributed by atoms with Crippen LogP contribution in [0.1, 0.15) is 62.4 Å². The summed E-state index contributed by atoms with van der Waals surface area (Å²) in [7, 11) is 3.41. The molecule has 0 fully saturated rings. The molecule has 2 amide bonds. The van der Waals surface area contributed by atoms with Gasteiger partial charge in [0.05, 0.1) is 25.2 Å². The van der Waals surface area contributed by atoms with E-state index in [1.54, 1.807) is 36.3 Å². The van der Waals surface area contributed by atoms with Crippen molar-refractivity contribution in [1.29, 1.82) is 0 Å². The third kappa shape index (κ3) is 7.13. The zero-order valence-electron chi connectivity index (χ0n) is 23.3. The minimum Gasteiger partial charge on any atom is -0.496 e. The number of fused-ring (bicyclic) bond motifs is 1. The average molecular weight is 567 g/mol. The highest BCUT2D eigenvalue weighted by Gasteiger charge is 2.36. The largest absolute Gasteiger partial charge is 0.496 e. The molecule has 0 saturated heterocycles. The number of carbonyl (C=O) groups excluding carboxylic acids is 2. The molecule has 2 unspecified atom stereocenters. The normalized spacial score (nSPS) is 16.8. The monoisotopic (exact) mass is 565 g/mol. The van der Waals surface area contributed by atoms with Gasteiger partial charge in [0.1, 0.15) is 11.5 Å². The van der Waals surface area contributed by atoms with Crippen LogP contribution < -0.4 is 14.4 Å². The van der Waals surface area contributed by atoms with Crippen molar-refractivity contribution >= 4 is 41.5 Å². The van der Waals surface area contributed by atoms with E-state index in [1.807, 2.05) is 37.9 Å². The number of benzene rings is 2. The molecule has 0 saturated carbocycles. The van der Waals surface area contributed by atoms with Crippen LogP contribution >= 0.6 is 24.0 Å². The van der Waals surface area contributed by atoms with Crippen molar-refractivity contribution in [3.05, 3.63) is 52.5 Å². The van der Waals surface area contributed by atoms with Crippen molar-refractivity contribution in [2.75, 3.05) is 51.8 Å². The van der Waals surface area contributed by atoms with Crippen LogP contribution in [0.3, 0.4) is 0 Å². The van der Waals surface area contributed by atoms with E-state index in [1.165, 1.54) is 0 Å². The Morgan fingerprint density at radius 2 is 1.76 bits per heavy atom. The molecule has 1 aliphatic rings. The summed E-state index contributed by atoms with van der Waals surface area (Å²) in [6.45, 7) is 12.1. The third-order valence-electron chi connectivity index (χ3n) is 7.19. The summed E-state index contributed by atoms with van der Waals surface area (Å²) < 4.78 is 11.1. The Morgan fingerprint density at radius 1 is 1.05 bits per heavy atom. The van der Waals surface area contributed by atoms with Gasteiger partial charge in [0.25, 0.3) is 5.91 Å². The quantitative estimate of drug-likeness (QED) is 0.360. The van der Waals surface area contributed by atoms with Crippen LogP contribution in [0.5, 0.6) is 11.5 Å². The minimum absolute atomic E-state index is 0. The Labute approximate surface area is 238 Å². The number of hydrogen-bond acceptors (Lipinski definition) is 5. The van der Waals surface area contributed by atoms with Gasteiger partial charge in [0.2, 0.25) is 5.91 Å². The molecular formula is C29H41Cl2N3O4. The number of nitrogens with zero attached hydrogens (tertiary/aromatic N) is 3. The lowest BCUT2D eigenvalue weighted by atomic mass is 9.92. The zero-order chi connectivity index (χ0) is 27.1. The Hall–Kier alpha value is -2.48. The number of hydrogen-bond donors (Lipinski definition) is 0. The number of methoxy groups -OCH3 is 1. The zero-order valence-corrected chi connectivity index (χ0v) is 24.9. The molecule has 3 rings (SSSR count). The molecule has 0 aliphatic carbocycles. The fourth-order valence-corrected chi connectivity index (χ4v) is 5.14. The molecule has 0 spiro atoms. The van der Waals surface area contributed by atoms with E-state index in [0.717, 1.165) is 25.2 Å². The van der Waals surface area contributed by atoms with E-state index in [4.69, 9.17) is 21.1 Å². The molecule has 2 atom stereocenters. The first-order chi connectivity index (χ1) is 17.7. The van der Waals surface area contributed by atoms with Gasteiger partial charge >= 0.3 is 0 Å². The lowest BCUT2D eigenvalue weighted by Gasteiger charge is -2.30. The van der Waals surface area contributed by atoms with Crippen molar-refractivity contribution in [2.24, 2.45) is 0 Å². The number of likely N-dealkylation sites (N-methyl/N-ethyl adjacent to an activating group) is 2. The van der Waals surface area contributed by atoms with Gasteiger partial charge in [-0.1, -0.05) is 25.4 Å². The first-order valence-electron chi connectivity index (χ1n) is 13.2.